The van der Waals surface area contributed by atoms with Gasteiger partial charge in [0.1, 0.15) is 0 Å². The van der Waals surface area contributed by atoms with Gasteiger partial charge >= 0.3 is 0 Å². The monoisotopic (exact) mass is 296 g/mol. The lowest BCUT2D eigenvalue weighted by molar-refractivity contribution is 0.103. The van der Waals surface area contributed by atoms with Crippen LogP contribution in [0.25, 0.3) is 0 Å². The number of hydrogen-bond donors (Lipinski definition) is 0. The standard InChI is InChI=1S/C14H7Cl3O/c15-10-3-1-2-7-8(10)6-9-11(16)4-5-12(17)13(9)14(7)18/h1-5H,6H2. The maximum Gasteiger partial charge on any atom is 0.195 e. The van der Waals surface area contributed by atoms with E-state index in [0.717, 1.165) is 11.1 Å². The minimum absolute atomic E-state index is 0.110. The van der Waals surface area contributed by atoms with Gasteiger partial charge in [-0.15, -0.1) is 0 Å². The molecule has 3 rings (SSSR count). The summed E-state index contributed by atoms with van der Waals surface area (Å²) in [5.41, 5.74) is 2.69. The van der Waals surface area contributed by atoms with Gasteiger partial charge in [-0.05, 0) is 29.3 Å². The molecule has 0 fully saturated rings. The highest BCUT2D eigenvalue weighted by Gasteiger charge is 2.28. The summed E-state index contributed by atoms with van der Waals surface area (Å²) in [4.78, 5) is 12.4. The van der Waals surface area contributed by atoms with Crippen molar-refractivity contribution in [2.45, 2.75) is 6.42 Å². The van der Waals surface area contributed by atoms with Gasteiger partial charge in [-0.3, -0.25) is 4.79 Å². The molecule has 2 aromatic carbocycles. The Morgan fingerprint density at radius 2 is 1.50 bits per heavy atom. The summed E-state index contributed by atoms with van der Waals surface area (Å²) in [7, 11) is 0. The number of benzene rings is 2. The van der Waals surface area contributed by atoms with Crippen molar-refractivity contribution in [3.63, 3.8) is 0 Å². The van der Waals surface area contributed by atoms with Gasteiger partial charge in [0.15, 0.2) is 5.78 Å². The first kappa shape index (κ1) is 12.0. The molecule has 0 bridgehead atoms. The zero-order valence-electron chi connectivity index (χ0n) is 9.14. The van der Waals surface area contributed by atoms with Crippen LogP contribution in [0.15, 0.2) is 30.3 Å². The molecule has 0 saturated carbocycles. The van der Waals surface area contributed by atoms with E-state index in [1.54, 1.807) is 30.3 Å². The number of fused-ring (bicyclic) bond motifs is 2. The first-order valence-electron chi connectivity index (χ1n) is 5.38. The molecule has 90 valence electrons. The van der Waals surface area contributed by atoms with Gasteiger partial charge in [-0.25, -0.2) is 0 Å². The van der Waals surface area contributed by atoms with Gasteiger partial charge in [-0.1, -0.05) is 46.9 Å². The topological polar surface area (TPSA) is 17.1 Å². The predicted octanol–water partition coefficient (Wildman–Crippen LogP) is 4.78. The molecule has 0 heterocycles. The lowest BCUT2D eigenvalue weighted by Crippen LogP contribution is -2.16. The quantitative estimate of drug-likeness (QED) is 0.583. The van der Waals surface area contributed by atoms with Crippen LogP contribution in [0.1, 0.15) is 27.0 Å². The Balaban J connectivity index is 2.32. The fourth-order valence-corrected chi connectivity index (χ4v) is 3.00. The number of halogens is 3. The summed E-state index contributed by atoms with van der Waals surface area (Å²) in [6.07, 6.45) is 0.537. The summed E-state index contributed by atoms with van der Waals surface area (Å²) < 4.78 is 0. The third kappa shape index (κ3) is 1.66. The Morgan fingerprint density at radius 1 is 0.833 bits per heavy atom. The van der Waals surface area contributed by atoms with E-state index in [1.165, 1.54) is 0 Å². The first-order chi connectivity index (χ1) is 8.59. The number of carbonyl (C=O) groups is 1. The third-order valence-electron chi connectivity index (χ3n) is 3.15. The number of rotatable bonds is 0. The number of ketones is 1. The van der Waals surface area contributed by atoms with Crippen LogP contribution in [0.5, 0.6) is 0 Å². The summed E-state index contributed by atoms with van der Waals surface area (Å²) in [5.74, 6) is -0.110. The van der Waals surface area contributed by atoms with Crippen molar-refractivity contribution in [3.8, 4) is 0 Å². The van der Waals surface area contributed by atoms with Crippen LogP contribution in [-0.2, 0) is 6.42 Å². The zero-order valence-corrected chi connectivity index (χ0v) is 11.4. The largest absolute Gasteiger partial charge is 0.289 e. The molecular weight excluding hydrogens is 291 g/mol. The SMILES string of the molecule is O=C1c2cccc(Cl)c2Cc2c(Cl)ccc(Cl)c21. The van der Waals surface area contributed by atoms with Crippen LogP contribution < -0.4 is 0 Å². The van der Waals surface area contributed by atoms with E-state index in [1.807, 2.05) is 0 Å². The van der Waals surface area contributed by atoms with E-state index >= 15 is 0 Å². The summed E-state index contributed by atoms with van der Waals surface area (Å²) >= 11 is 18.4. The zero-order chi connectivity index (χ0) is 12.9. The third-order valence-corrected chi connectivity index (χ3v) is 4.17. The lowest BCUT2D eigenvalue weighted by Gasteiger charge is -2.21. The highest BCUT2D eigenvalue weighted by molar-refractivity contribution is 6.38. The molecule has 0 N–H and O–H groups in total. The van der Waals surface area contributed by atoms with E-state index < -0.39 is 0 Å². The fraction of sp³-hybridized carbons (Fsp3) is 0.0714. The van der Waals surface area contributed by atoms with Gasteiger partial charge in [-0.2, -0.15) is 0 Å². The van der Waals surface area contributed by atoms with E-state index in [2.05, 4.69) is 0 Å². The van der Waals surface area contributed by atoms with Crippen LogP contribution in [-0.4, -0.2) is 5.78 Å². The Morgan fingerprint density at radius 3 is 2.28 bits per heavy atom. The molecule has 0 saturated heterocycles. The van der Waals surface area contributed by atoms with Crippen molar-refractivity contribution >= 4 is 40.6 Å². The summed E-state index contributed by atoms with van der Waals surface area (Å²) in [6.45, 7) is 0. The van der Waals surface area contributed by atoms with E-state index in [0.29, 0.717) is 32.6 Å². The van der Waals surface area contributed by atoms with Crippen LogP contribution >= 0.6 is 34.8 Å². The maximum atomic E-state index is 12.4. The number of hydrogen-bond acceptors (Lipinski definition) is 1. The molecule has 2 aromatic rings. The molecule has 0 atom stereocenters. The van der Waals surface area contributed by atoms with E-state index in [4.69, 9.17) is 34.8 Å². The van der Waals surface area contributed by atoms with Crippen LogP contribution in [0.2, 0.25) is 15.1 Å². The van der Waals surface area contributed by atoms with Crippen molar-refractivity contribution in [3.05, 3.63) is 67.7 Å². The lowest BCUT2D eigenvalue weighted by atomic mass is 9.85. The predicted molar refractivity (Wildman–Crippen MR) is 74.2 cm³/mol. The minimum Gasteiger partial charge on any atom is -0.289 e. The van der Waals surface area contributed by atoms with Gasteiger partial charge in [0.25, 0.3) is 0 Å². The molecule has 18 heavy (non-hydrogen) atoms. The molecular formula is C14H7Cl3O. The fourth-order valence-electron chi connectivity index (χ4n) is 2.27. The Labute approximate surface area is 119 Å². The second-order valence-corrected chi connectivity index (χ2v) is 5.38. The van der Waals surface area contributed by atoms with Gasteiger partial charge in [0.05, 0.1) is 5.02 Å². The molecule has 1 aliphatic rings. The van der Waals surface area contributed by atoms with Gasteiger partial charge in [0, 0.05) is 27.6 Å². The molecule has 0 radical (unpaired) electrons. The normalized spacial score (nSPS) is 13.2. The second kappa shape index (κ2) is 4.27. The van der Waals surface area contributed by atoms with Crippen molar-refractivity contribution < 1.29 is 4.79 Å². The Hall–Kier alpha value is -1.02. The molecule has 0 aromatic heterocycles. The van der Waals surface area contributed by atoms with Crippen LogP contribution in [0.4, 0.5) is 0 Å². The molecule has 1 aliphatic carbocycles. The van der Waals surface area contributed by atoms with Crippen molar-refractivity contribution in [1.82, 2.24) is 0 Å². The van der Waals surface area contributed by atoms with Gasteiger partial charge < -0.3 is 0 Å². The van der Waals surface area contributed by atoms with Crippen LogP contribution in [0, 0.1) is 0 Å². The second-order valence-electron chi connectivity index (χ2n) is 4.15. The van der Waals surface area contributed by atoms with E-state index in [-0.39, 0.29) is 5.78 Å². The van der Waals surface area contributed by atoms with Gasteiger partial charge in [0.2, 0.25) is 0 Å². The Kier molecular flexibility index (Phi) is 2.86. The first-order valence-corrected chi connectivity index (χ1v) is 6.52. The molecule has 0 amide bonds. The van der Waals surface area contributed by atoms with E-state index in [9.17, 15) is 4.79 Å². The van der Waals surface area contributed by atoms with Crippen molar-refractivity contribution in [1.29, 1.82) is 0 Å². The molecule has 4 heteroatoms. The minimum atomic E-state index is -0.110. The molecule has 0 unspecified atom stereocenters. The maximum absolute atomic E-state index is 12.4. The molecule has 0 spiro atoms. The summed E-state index contributed by atoms with van der Waals surface area (Å²) in [6, 6.07) is 8.66. The van der Waals surface area contributed by atoms with Crippen molar-refractivity contribution in [2.24, 2.45) is 0 Å². The number of carbonyl (C=O) groups excluding carboxylic acids is 1. The highest BCUT2D eigenvalue weighted by Crippen LogP contribution is 2.37. The average molecular weight is 298 g/mol. The Bertz CT molecular complexity index is 677. The van der Waals surface area contributed by atoms with Crippen LogP contribution in [0.3, 0.4) is 0 Å². The van der Waals surface area contributed by atoms with Crippen molar-refractivity contribution in [2.75, 3.05) is 0 Å². The highest BCUT2D eigenvalue weighted by atomic mass is 35.5. The average Bonchev–Trinajstić information content (AvgIpc) is 2.35. The smallest absolute Gasteiger partial charge is 0.195 e. The molecule has 0 aliphatic heterocycles. The summed E-state index contributed by atoms with van der Waals surface area (Å²) in [5, 5.41) is 1.57. The molecule has 1 nitrogen and oxygen atoms in total.